The Kier molecular flexibility index (Phi) is 5.36. The van der Waals surface area contributed by atoms with E-state index < -0.39 is 0 Å². The van der Waals surface area contributed by atoms with Crippen LogP contribution in [0.3, 0.4) is 0 Å². The van der Waals surface area contributed by atoms with Gasteiger partial charge in [0.2, 0.25) is 0 Å². The van der Waals surface area contributed by atoms with Crippen molar-refractivity contribution in [2.24, 2.45) is 5.92 Å². The molecule has 0 bridgehead atoms. The third kappa shape index (κ3) is 4.79. The quantitative estimate of drug-likeness (QED) is 0.789. The molecule has 1 aromatic carbocycles. The van der Waals surface area contributed by atoms with Gasteiger partial charge in [0, 0.05) is 0 Å². The molecule has 0 saturated carbocycles. The van der Waals surface area contributed by atoms with E-state index in [-0.39, 0.29) is 11.5 Å². The molecule has 0 amide bonds. The van der Waals surface area contributed by atoms with Gasteiger partial charge in [0.1, 0.15) is 0 Å². The van der Waals surface area contributed by atoms with Crippen molar-refractivity contribution in [2.75, 3.05) is 6.61 Å². The molecule has 0 heterocycles. The van der Waals surface area contributed by atoms with Gasteiger partial charge in [-0.15, -0.1) is 0 Å². The summed E-state index contributed by atoms with van der Waals surface area (Å²) in [5.41, 5.74) is 5.92. The molecule has 0 aliphatic rings. The van der Waals surface area contributed by atoms with Crippen molar-refractivity contribution in [3.05, 3.63) is 35.4 Å². The zero-order valence-electron chi connectivity index (χ0n) is 12.6. The van der Waals surface area contributed by atoms with Crippen LogP contribution >= 0.6 is 0 Å². The Labute approximate surface area is 112 Å². The molecule has 102 valence electrons. The van der Waals surface area contributed by atoms with Crippen molar-refractivity contribution >= 4 is 0 Å². The summed E-state index contributed by atoms with van der Waals surface area (Å²) < 4.78 is 0. The Balaban J connectivity index is 2.56. The molecular formula is C16H27NO. The summed E-state index contributed by atoms with van der Waals surface area (Å²) in [6, 6.07) is 8.98. The molecular weight excluding hydrogens is 222 g/mol. The normalized spacial score (nSPS) is 13.9. The highest BCUT2D eigenvalue weighted by Crippen LogP contribution is 2.23. The van der Waals surface area contributed by atoms with Crippen LogP contribution in [0.25, 0.3) is 0 Å². The number of hydroxylamine groups is 1. The second-order valence-electron chi connectivity index (χ2n) is 6.42. The highest BCUT2D eigenvalue weighted by Gasteiger charge is 2.14. The Morgan fingerprint density at radius 2 is 1.61 bits per heavy atom. The van der Waals surface area contributed by atoms with Crippen LogP contribution in [0, 0.1) is 5.92 Å². The lowest BCUT2D eigenvalue weighted by atomic mass is 9.86. The number of hydrogen-bond donors (Lipinski definition) is 1. The van der Waals surface area contributed by atoms with E-state index in [4.69, 9.17) is 4.84 Å². The second kappa shape index (κ2) is 6.35. The summed E-state index contributed by atoms with van der Waals surface area (Å²) in [5, 5.41) is 0. The van der Waals surface area contributed by atoms with Crippen LogP contribution in [0.2, 0.25) is 0 Å². The first-order valence-corrected chi connectivity index (χ1v) is 6.78. The minimum atomic E-state index is 0.212. The first kappa shape index (κ1) is 15.2. The van der Waals surface area contributed by atoms with Crippen LogP contribution in [0.1, 0.15) is 58.7 Å². The van der Waals surface area contributed by atoms with E-state index in [9.17, 15) is 0 Å². The highest BCUT2D eigenvalue weighted by atomic mass is 16.6. The Hall–Kier alpha value is -0.860. The molecule has 0 spiro atoms. The van der Waals surface area contributed by atoms with E-state index in [1.165, 1.54) is 11.1 Å². The van der Waals surface area contributed by atoms with Crippen LogP contribution in [0.4, 0.5) is 0 Å². The second-order valence-corrected chi connectivity index (χ2v) is 6.42. The molecule has 0 aromatic heterocycles. The molecule has 0 aliphatic heterocycles. The summed E-state index contributed by atoms with van der Waals surface area (Å²) >= 11 is 0. The van der Waals surface area contributed by atoms with Gasteiger partial charge in [0.25, 0.3) is 0 Å². The fourth-order valence-corrected chi connectivity index (χ4v) is 1.68. The van der Waals surface area contributed by atoms with Crippen molar-refractivity contribution < 1.29 is 4.84 Å². The lowest BCUT2D eigenvalue weighted by molar-refractivity contribution is 0.00409. The van der Waals surface area contributed by atoms with E-state index >= 15 is 0 Å². The largest absolute Gasteiger partial charge is 0.301 e. The van der Waals surface area contributed by atoms with E-state index in [2.05, 4.69) is 71.3 Å². The standard InChI is InChI=1S/C16H27NO/c1-12(2)11-18-17-13(3)14-7-9-15(10-8-14)16(4,5)6/h7-10,12-13,17H,11H2,1-6H3. The van der Waals surface area contributed by atoms with Crippen LogP contribution in [-0.2, 0) is 10.3 Å². The maximum atomic E-state index is 5.46. The maximum absolute atomic E-state index is 5.46. The van der Waals surface area contributed by atoms with Crippen molar-refractivity contribution in [1.29, 1.82) is 0 Å². The summed E-state index contributed by atoms with van der Waals surface area (Å²) in [5.74, 6) is 0.549. The van der Waals surface area contributed by atoms with Crippen LogP contribution < -0.4 is 5.48 Å². The van der Waals surface area contributed by atoms with Gasteiger partial charge in [-0.3, -0.25) is 0 Å². The number of hydrogen-bond acceptors (Lipinski definition) is 2. The van der Waals surface area contributed by atoms with Gasteiger partial charge in [-0.2, -0.15) is 5.48 Å². The minimum Gasteiger partial charge on any atom is -0.301 e. The van der Waals surface area contributed by atoms with Gasteiger partial charge in [0.05, 0.1) is 12.6 Å². The van der Waals surface area contributed by atoms with Gasteiger partial charge in [-0.25, -0.2) is 0 Å². The highest BCUT2D eigenvalue weighted by molar-refractivity contribution is 5.28. The smallest absolute Gasteiger partial charge is 0.0705 e. The zero-order chi connectivity index (χ0) is 13.8. The first-order valence-electron chi connectivity index (χ1n) is 6.78. The lowest BCUT2D eigenvalue weighted by Crippen LogP contribution is -2.21. The Morgan fingerprint density at radius 1 is 1.06 bits per heavy atom. The molecule has 1 N–H and O–H groups in total. The molecule has 0 fully saturated rings. The third-order valence-corrected chi connectivity index (χ3v) is 2.95. The molecule has 1 unspecified atom stereocenters. The Morgan fingerprint density at radius 3 is 2.06 bits per heavy atom. The molecule has 0 aliphatic carbocycles. The van der Waals surface area contributed by atoms with Crippen LogP contribution in [0.5, 0.6) is 0 Å². The topological polar surface area (TPSA) is 21.3 Å². The van der Waals surface area contributed by atoms with E-state index in [1.807, 2.05) is 0 Å². The van der Waals surface area contributed by atoms with Gasteiger partial charge in [-0.05, 0) is 29.4 Å². The lowest BCUT2D eigenvalue weighted by Gasteiger charge is -2.20. The Bertz CT molecular complexity index is 348. The summed E-state index contributed by atoms with van der Waals surface area (Å²) in [6.45, 7) is 13.8. The van der Waals surface area contributed by atoms with E-state index in [0.717, 1.165) is 6.61 Å². The molecule has 18 heavy (non-hydrogen) atoms. The fourth-order valence-electron chi connectivity index (χ4n) is 1.68. The van der Waals surface area contributed by atoms with Crippen molar-refractivity contribution in [3.8, 4) is 0 Å². The maximum Gasteiger partial charge on any atom is 0.0705 e. The molecule has 1 aromatic rings. The predicted octanol–water partition coefficient (Wildman–Crippen LogP) is 4.22. The van der Waals surface area contributed by atoms with Crippen LogP contribution in [0.15, 0.2) is 24.3 Å². The van der Waals surface area contributed by atoms with E-state index in [1.54, 1.807) is 0 Å². The summed E-state index contributed by atoms with van der Waals surface area (Å²) in [7, 11) is 0. The SMILES string of the molecule is CC(C)CONC(C)c1ccc(C(C)(C)C)cc1. The van der Waals surface area contributed by atoms with Crippen molar-refractivity contribution in [3.63, 3.8) is 0 Å². The number of rotatable bonds is 5. The number of nitrogens with one attached hydrogen (secondary N) is 1. The minimum absolute atomic E-state index is 0.212. The molecule has 1 rings (SSSR count). The average molecular weight is 249 g/mol. The monoisotopic (exact) mass is 249 g/mol. The molecule has 0 radical (unpaired) electrons. The van der Waals surface area contributed by atoms with Crippen molar-refractivity contribution in [2.45, 2.75) is 53.0 Å². The molecule has 2 heteroatoms. The zero-order valence-corrected chi connectivity index (χ0v) is 12.6. The van der Waals surface area contributed by atoms with Gasteiger partial charge >= 0.3 is 0 Å². The van der Waals surface area contributed by atoms with E-state index in [0.29, 0.717) is 5.92 Å². The summed E-state index contributed by atoms with van der Waals surface area (Å²) in [4.78, 5) is 5.46. The molecule has 2 nitrogen and oxygen atoms in total. The average Bonchev–Trinajstić information content (AvgIpc) is 2.27. The summed E-state index contributed by atoms with van der Waals surface area (Å²) in [6.07, 6.45) is 0. The van der Waals surface area contributed by atoms with Crippen LogP contribution in [-0.4, -0.2) is 6.61 Å². The van der Waals surface area contributed by atoms with Gasteiger partial charge < -0.3 is 4.84 Å². The third-order valence-electron chi connectivity index (χ3n) is 2.95. The van der Waals surface area contributed by atoms with Gasteiger partial charge in [-0.1, -0.05) is 58.9 Å². The molecule has 0 saturated heterocycles. The first-order chi connectivity index (χ1) is 8.30. The molecule has 1 atom stereocenters. The number of benzene rings is 1. The predicted molar refractivity (Wildman–Crippen MR) is 77.5 cm³/mol. The van der Waals surface area contributed by atoms with Crippen molar-refractivity contribution in [1.82, 2.24) is 5.48 Å². The van der Waals surface area contributed by atoms with Gasteiger partial charge in [0.15, 0.2) is 0 Å². The fraction of sp³-hybridized carbons (Fsp3) is 0.625.